The van der Waals surface area contributed by atoms with Crippen molar-refractivity contribution in [3.05, 3.63) is 108 Å². The molecule has 48 heavy (non-hydrogen) atoms. The van der Waals surface area contributed by atoms with Crippen molar-refractivity contribution in [2.45, 2.75) is 57.9 Å². The molecule has 6 N–H and O–H groups in total. The van der Waals surface area contributed by atoms with Crippen LogP contribution in [0.3, 0.4) is 0 Å². The van der Waals surface area contributed by atoms with Gasteiger partial charge in [0.1, 0.15) is 13.2 Å². The van der Waals surface area contributed by atoms with Crippen LogP contribution < -0.4 is 11.5 Å². The molecule has 0 fully saturated rings. The topological polar surface area (TPSA) is 206 Å². The number of imide groups is 1. The van der Waals surface area contributed by atoms with Crippen molar-refractivity contribution in [1.82, 2.24) is 9.80 Å². The number of nitrogens with one attached hydrogen (secondary N) is 1. The van der Waals surface area contributed by atoms with Crippen molar-refractivity contribution >= 4 is 35.8 Å². The first-order valence-electron chi connectivity index (χ1n) is 15.3. The van der Waals surface area contributed by atoms with Gasteiger partial charge in [0.15, 0.2) is 5.96 Å². The summed E-state index contributed by atoms with van der Waals surface area (Å²) in [6, 6.07) is 23.2. The third-order valence-electron chi connectivity index (χ3n) is 7.43. The summed E-state index contributed by atoms with van der Waals surface area (Å²) in [6.45, 7) is 2.73. The van der Waals surface area contributed by atoms with E-state index in [1.165, 1.54) is 24.3 Å². The lowest BCUT2D eigenvalue weighted by molar-refractivity contribution is -0.155. The molecule has 0 aliphatic rings. The van der Waals surface area contributed by atoms with Gasteiger partial charge in [-0.1, -0.05) is 105 Å². The lowest BCUT2D eigenvalue weighted by Gasteiger charge is -2.39. The van der Waals surface area contributed by atoms with Crippen LogP contribution in [0.15, 0.2) is 91.0 Å². The second-order valence-electron chi connectivity index (χ2n) is 11.5. The van der Waals surface area contributed by atoms with Gasteiger partial charge in [0, 0.05) is 12.1 Å². The summed E-state index contributed by atoms with van der Waals surface area (Å²) in [5.74, 6) is -4.85. The van der Waals surface area contributed by atoms with E-state index in [2.05, 4.69) is 0 Å². The summed E-state index contributed by atoms with van der Waals surface area (Å²) in [5.41, 5.74) is 10.2. The molecule has 0 aliphatic carbocycles. The lowest BCUT2D eigenvalue weighted by Crippen LogP contribution is -2.66. The first kappa shape index (κ1) is 36.9. The number of carboxylic acid groups (broad SMARTS) is 1. The molecule has 0 bridgehead atoms. The molecule has 0 saturated carbocycles. The third kappa shape index (κ3) is 9.48. The number of carbonyl (C=O) groups excluding carboxylic acids is 4. The number of Topliss-reactive ketones (excluding diaryl/α,β-unsaturated/α-hetero) is 1. The SMILES string of the molecule is CC(C)C[C@H](N)C(=O)N(C(=O)OCc1ccccc1)[C@@](CCCN(C(=N)N)C(=O)OCc1ccccc1)(C(=O)O)C(=O)c1ccccc1. The molecule has 0 aliphatic heterocycles. The number of benzene rings is 3. The zero-order chi connectivity index (χ0) is 35.3. The number of ether oxygens (including phenoxy) is 2. The van der Waals surface area contributed by atoms with Crippen LogP contribution in [0.4, 0.5) is 9.59 Å². The van der Waals surface area contributed by atoms with Crippen molar-refractivity contribution in [3.63, 3.8) is 0 Å². The molecule has 3 aromatic rings. The highest BCUT2D eigenvalue weighted by Gasteiger charge is 2.57. The van der Waals surface area contributed by atoms with Crippen molar-refractivity contribution < 1.29 is 38.6 Å². The lowest BCUT2D eigenvalue weighted by atomic mass is 9.82. The van der Waals surface area contributed by atoms with Gasteiger partial charge in [-0.05, 0) is 36.3 Å². The molecular weight excluding hydrogens is 618 g/mol. The molecule has 3 amide bonds. The molecule has 0 spiro atoms. The number of hydrogen-bond acceptors (Lipinski definition) is 9. The molecule has 3 aromatic carbocycles. The zero-order valence-electron chi connectivity index (χ0n) is 26.9. The van der Waals surface area contributed by atoms with Gasteiger partial charge in [-0.3, -0.25) is 15.0 Å². The highest BCUT2D eigenvalue weighted by molar-refractivity contribution is 6.20. The van der Waals surface area contributed by atoms with E-state index < -0.39 is 53.8 Å². The van der Waals surface area contributed by atoms with Gasteiger partial charge in [0.05, 0.1) is 6.04 Å². The first-order valence-corrected chi connectivity index (χ1v) is 15.3. The minimum Gasteiger partial charge on any atom is -0.479 e. The van der Waals surface area contributed by atoms with Gasteiger partial charge in [0.25, 0.3) is 0 Å². The summed E-state index contributed by atoms with van der Waals surface area (Å²) in [6.07, 6.45) is -3.31. The van der Waals surface area contributed by atoms with Crippen LogP contribution in [-0.2, 0) is 32.3 Å². The molecule has 13 heteroatoms. The van der Waals surface area contributed by atoms with Crippen LogP contribution in [0.5, 0.6) is 0 Å². The van der Waals surface area contributed by atoms with Gasteiger partial charge >= 0.3 is 18.2 Å². The van der Waals surface area contributed by atoms with Crippen molar-refractivity contribution in [2.75, 3.05) is 6.54 Å². The fourth-order valence-corrected chi connectivity index (χ4v) is 5.05. The highest BCUT2D eigenvalue weighted by atomic mass is 16.6. The van der Waals surface area contributed by atoms with Gasteiger partial charge in [-0.25, -0.2) is 24.2 Å². The van der Waals surface area contributed by atoms with E-state index in [0.29, 0.717) is 16.0 Å². The summed E-state index contributed by atoms with van der Waals surface area (Å²) in [5, 5.41) is 18.8. The Morgan fingerprint density at radius 3 is 1.75 bits per heavy atom. The Kier molecular flexibility index (Phi) is 13.4. The first-order chi connectivity index (χ1) is 22.9. The number of hydrogen-bond donors (Lipinski definition) is 4. The quantitative estimate of drug-likeness (QED) is 0.0775. The van der Waals surface area contributed by atoms with Crippen LogP contribution >= 0.6 is 0 Å². The summed E-state index contributed by atoms with van der Waals surface area (Å²) in [7, 11) is 0. The fraction of sp³-hybridized carbons (Fsp3) is 0.314. The number of amides is 3. The summed E-state index contributed by atoms with van der Waals surface area (Å²) < 4.78 is 10.7. The third-order valence-corrected chi connectivity index (χ3v) is 7.43. The Bertz CT molecular complexity index is 1570. The van der Waals surface area contributed by atoms with E-state index in [1.54, 1.807) is 80.6 Å². The molecular formula is C35H41N5O8. The average molecular weight is 660 g/mol. The maximum absolute atomic E-state index is 14.3. The van der Waals surface area contributed by atoms with E-state index in [9.17, 15) is 29.1 Å². The highest BCUT2D eigenvalue weighted by Crippen LogP contribution is 2.31. The number of nitrogens with zero attached hydrogens (tertiary/aromatic N) is 2. The maximum atomic E-state index is 14.3. The molecule has 2 atom stereocenters. The number of carboxylic acids is 1. The summed E-state index contributed by atoms with van der Waals surface area (Å²) >= 11 is 0. The maximum Gasteiger partial charge on any atom is 0.418 e. The standard InChI is InChI=1S/C35H41N5O8/c1-24(2)21-28(36)30(42)40(34(46)48-23-26-15-8-4-9-16-26)35(31(43)44,29(41)27-17-10-5-11-18-27)19-12-20-39(32(37)38)33(45)47-22-25-13-6-3-7-14-25/h3-11,13-18,24,28H,12,19-23,36H2,1-2H3,(H3,37,38)(H,43,44)/t28-,35+/m0/s1. The Hall–Kier alpha value is -5.56. The number of rotatable bonds is 15. The van der Waals surface area contributed by atoms with Crippen molar-refractivity contribution in [2.24, 2.45) is 17.4 Å². The molecule has 0 unspecified atom stereocenters. The second kappa shape index (κ2) is 17.4. The Balaban J connectivity index is 2.02. The number of aliphatic carboxylic acids is 1. The predicted molar refractivity (Wildman–Crippen MR) is 177 cm³/mol. The van der Waals surface area contributed by atoms with E-state index in [0.717, 1.165) is 4.90 Å². The monoisotopic (exact) mass is 659 g/mol. The van der Waals surface area contributed by atoms with Crippen LogP contribution in [0.25, 0.3) is 0 Å². The van der Waals surface area contributed by atoms with E-state index in [-0.39, 0.29) is 44.1 Å². The van der Waals surface area contributed by atoms with Gasteiger partial charge in [-0.2, -0.15) is 0 Å². The molecule has 0 saturated heterocycles. The largest absolute Gasteiger partial charge is 0.479 e. The zero-order valence-corrected chi connectivity index (χ0v) is 26.9. The number of nitrogens with two attached hydrogens (primary N) is 2. The van der Waals surface area contributed by atoms with Crippen LogP contribution in [0.2, 0.25) is 0 Å². The number of ketones is 1. The van der Waals surface area contributed by atoms with Crippen LogP contribution in [0.1, 0.15) is 54.6 Å². The van der Waals surface area contributed by atoms with Crippen LogP contribution in [-0.4, -0.2) is 68.8 Å². The molecule has 13 nitrogen and oxygen atoms in total. The van der Waals surface area contributed by atoms with E-state index in [1.807, 2.05) is 0 Å². The smallest absolute Gasteiger partial charge is 0.418 e. The molecule has 254 valence electrons. The normalized spacial score (nSPS) is 12.7. The molecule has 3 rings (SSSR count). The predicted octanol–water partition coefficient (Wildman–Crippen LogP) is 4.54. The van der Waals surface area contributed by atoms with Crippen molar-refractivity contribution in [3.8, 4) is 0 Å². The minimum atomic E-state index is -2.86. The Labute approximate surface area is 278 Å². The fourth-order valence-electron chi connectivity index (χ4n) is 5.05. The van der Waals surface area contributed by atoms with Crippen LogP contribution in [0, 0.1) is 11.3 Å². The Morgan fingerprint density at radius 2 is 1.29 bits per heavy atom. The van der Waals surface area contributed by atoms with Crippen molar-refractivity contribution in [1.29, 1.82) is 5.41 Å². The molecule has 0 heterocycles. The number of guanidine groups is 1. The average Bonchev–Trinajstić information content (AvgIpc) is 3.07. The van der Waals surface area contributed by atoms with Gasteiger partial charge in [-0.15, -0.1) is 0 Å². The minimum absolute atomic E-state index is 0.0713. The van der Waals surface area contributed by atoms with E-state index >= 15 is 0 Å². The molecule has 0 radical (unpaired) electrons. The second-order valence-corrected chi connectivity index (χ2v) is 11.5. The van der Waals surface area contributed by atoms with Gasteiger partial charge in [0.2, 0.25) is 17.2 Å². The van der Waals surface area contributed by atoms with E-state index in [4.69, 9.17) is 26.4 Å². The Morgan fingerprint density at radius 1 is 0.812 bits per heavy atom. The van der Waals surface area contributed by atoms with Gasteiger partial charge < -0.3 is 26.0 Å². The number of carbonyl (C=O) groups is 5. The summed E-state index contributed by atoms with van der Waals surface area (Å²) in [4.78, 5) is 69.5. The molecule has 0 aromatic heterocycles.